The molecule has 0 atom stereocenters. The summed E-state index contributed by atoms with van der Waals surface area (Å²) >= 11 is 0. The van der Waals surface area contributed by atoms with Gasteiger partial charge in [0, 0.05) is 12.7 Å². The Morgan fingerprint density at radius 1 is 1.58 bits per heavy atom. The van der Waals surface area contributed by atoms with E-state index in [1.165, 1.54) is 0 Å². The van der Waals surface area contributed by atoms with Gasteiger partial charge in [-0.3, -0.25) is 4.98 Å². The van der Waals surface area contributed by atoms with Crippen LogP contribution in [0.3, 0.4) is 0 Å². The lowest BCUT2D eigenvalue weighted by Gasteiger charge is -2.01. The highest BCUT2D eigenvalue weighted by molar-refractivity contribution is 5.63. The number of aryl methyl sites for hydroxylation is 1. The van der Waals surface area contributed by atoms with E-state index in [9.17, 15) is 0 Å². The molecule has 1 heterocycles. The molecule has 64 valence electrons. The molecule has 0 aliphatic carbocycles. The van der Waals surface area contributed by atoms with Gasteiger partial charge in [0.05, 0.1) is 11.4 Å². The summed E-state index contributed by atoms with van der Waals surface area (Å²) in [4.78, 5) is 4.11. The third-order valence-corrected chi connectivity index (χ3v) is 1.65. The van der Waals surface area contributed by atoms with Gasteiger partial charge < -0.3 is 11.5 Å². The van der Waals surface area contributed by atoms with Gasteiger partial charge in [-0.1, -0.05) is 6.08 Å². The lowest BCUT2D eigenvalue weighted by Crippen LogP contribution is -1.97. The van der Waals surface area contributed by atoms with E-state index in [4.69, 9.17) is 11.5 Å². The summed E-state index contributed by atoms with van der Waals surface area (Å²) in [6, 6.07) is 1.88. The number of aromatic nitrogens is 1. The van der Waals surface area contributed by atoms with E-state index in [1.807, 2.05) is 25.1 Å². The molecule has 0 radical (unpaired) electrons. The number of rotatable bonds is 2. The number of nitrogen functional groups attached to an aromatic ring is 1. The summed E-state index contributed by atoms with van der Waals surface area (Å²) in [6.07, 6.45) is 5.41. The van der Waals surface area contributed by atoms with Gasteiger partial charge in [0.2, 0.25) is 0 Å². The topological polar surface area (TPSA) is 64.9 Å². The van der Waals surface area contributed by atoms with E-state index in [2.05, 4.69) is 4.98 Å². The lowest BCUT2D eigenvalue weighted by molar-refractivity contribution is 1.24. The predicted molar refractivity (Wildman–Crippen MR) is 51.5 cm³/mol. The maximum atomic E-state index is 5.77. The first-order chi connectivity index (χ1) is 5.75. The fourth-order valence-corrected chi connectivity index (χ4v) is 0.903. The van der Waals surface area contributed by atoms with Crippen molar-refractivity contribution in [3.63, 3.8) is 0 Å². The zero-order valence-corrected chi connectivity index (χ0v) is 7.12. The molecule has 3 nitrogen and oxygen atoms in total. The van der Waals surface area contributed by atoms with Crippen LogP contribution in [0.25, 0.3) is 6.08 Å². The predicted octanol–water partition coefficient (Wildman–Crippen LogP) is 0.944. The van der Waals surface area contributed by atoms with Crippen molar-refractivity contribution in [2.75, 3.05) is 12.3 Å². The Balaban J connectivity index is 3.00. The molecule has 12 heavy (non-hydrogen) atoms. The quantitative estimate of drug-likeness (QED) is 0.682. The Kier molecular flexibility index (Phi) is 2.82. The summed E-state index contributed by atoms with van der Waals surface area (Å²) in [7, 11) is 0. The zero-order chi connectivity index (χ0) is 8.97. The molecule has 0 aliphatic heterocycles. The molecule has 0 amide bonds. The minimum absolute atomic E-state index is 0.509. The second-order valence-electron chi connectivity index (χ2n) is 2.56. The van der Waals surface area contributed by atoms with E-state index >= 15 is 0 Å². The van der Waals surface area contributed by atoms with Gasteiger partial charge >= 0.3 is 0 Å². The molecule has 0 saturated heterocycles. The average Bonchev–Trinajstić information content (AvgIpc) is 2.08. The van der Waals surface area contributed by atoms with Gasteiger partial charge in [0.1, 0.15) is 0 Å². The van der Waals surface area contributed by atoms with Crippen molar-refractivity contribution in [3.8, 4) is 0 Å². The fourth-order valence-electron chi connectivity index (χ4n) is 0.903. The first-order valence-electron chi connectivity index (χ1n) is 3.83. The average molecular weight is 163 g/mol. The number of anilines is 1. The van der Waals surface area contributed by atoms with Crippen molar-refractivity contribution >= 4 is 11.8 Å². The van der Waals surface area contributed by atoms with Crippen molar-refractivity contribution in [2.45, 2.75) is 6.92 Å². The van der Waals surface area contributed by atoms with Crippen LogP contribution < -0.4 is 11.5 Å². The highest BCUT2D eigenvalue weighted by atomic mass is 14.7. The smallest absolute Gasteiger partial charge is 0.0858 e. The Hall–Kier alpha value is -1.35. The Labute approximate surface area is 72.1 Å². The molecule has 0 unspecified atom stereocenters. The van der Waals surface area contributed by atoms with Crippen LogP contribution in [0.15, 0.2) is 18.3 Å². The van der Waals surface area contributed by atoms with E-state index in [1.54, 1.807) is 6.20 Å². The van der Waals surface area contributed by atoms with E-state index in [0.29, 0.717) is 6.54 Å². The summed E-state index contributed by atoms with van der Waals surface area (Å²) in [5, 5.41) is 0. The van der Waals surface area contributed by atoms with Crippen LogP contribution >= 0.6 is 0 Å². The molecular formula is C9H13N3. The zero-order valence-electron chi connectivity index (χ0n) is 7.12. The standard InChI is InChI=1S/C9H13N3/c1-7-4-6-12-8(9(7)11)3-2-5-10/h2-4,6H,5,10-11H2,1H3. The van der Waals surface area contributed by atoms with Gasteiger partial charge in [-0.15, -0.1) is 0 Å². The summed E-state index contributed by atoms with van der Waals surface area (Å²) in [6.45, 7) is 2.46. The van der Waals surface area contributed by atoms with Crippen molar-refractivity contribution in [3.05, 3.63) is 29.6 Å². The molecule has 1 aromatic heterocycles. The van der Waals surface area contributed by atoms with Gasteiger partial charge in [0.15, 0.2) is 0 Å². The lowest BCUT2D eigenvalue weighted by atomic mass is 10.2. The van der Waals surface area contributed by atoms with E-state index in [0.717, 1.165) is 16.9 Å². The number of nitrogens with two attached hydrogens (primary N) is 2. The van der Waals surface area contributed by atoms with Crippen LogP contribution in [0.1, 0.15) is 11.3 Å². The van der Waals surface area contributed by atoms with E-state index < -0.39 is 0 Å². The highest BCUT2D eigenvalue weighted by Gasteiger charge is 1.97. The van der Waals surface area contributed by atoms with Gasteiger partial charge in [0.25, 0.3) is 0 Å². The molecule has 0 fully saturated rings. The third kappa shape index (κ3) is 1.83. The first-order valence-corrected chi connectivity index (χ1v) is 3.83. The number of pyridine rings is 1. The van der Waals surface area contributed by atoms with Crippen molar-refractivity contribution < 1.29 is 0 Å². The maximum absolute atomic E-state index is 5.77. The van der Waals surface area contributed by atoms with Gasteiger partial charge in [-0.2, -0.15) is 0 Å². The number of nitrogens with zero attached hydrogens (tertiary/aromatic N) is 1. The monoisotopic (exact) mass is 163 g/mol. The second-order valence-corrected chi connectivity index (χ2v) is 2.56. The van der Waals surface area contributed by atoms with Crippen LogP contribution in [0.4, 0.5) is 5.69 Å². The van der Waals surface area contributed by atoms with Crippen LogP contribution in [0.2, 0.25) is 0 Å². The van der Waals surface area contributed by atoms with Crippen molar-refractivity contribution in [1.82, 2.24) is 4.98 Å². The number of hydrogen-bond donors (Lipinski definition) is 2. The first kappa shape index (κ1) is 8.74. The Morgan fingerprint density at radius 2 is 2.33 bits per heavy atom. The molecule has 0 bridgehead atoms. The van der Waals surface area contributed by atoms with Crippen LogP contribution in [-0.2, 0) is 0 Å². The molecule has 3 heteroatoms. The molecular weight excluding hydrogens is 150 g/mol. The second kappa shape index (κ2) is 3.88. The molecule has 0 spiro atoms. The maximum Gasteiger partial charge on any atom is 0.0858 e. The minimum atomic E-state index is 0.509. The summed E-state index contributed by atoms with van der Waals surface area (Å²) in [5.41, 5.74) is 13.6. The Bertz CT molecular complexity index is 292. The molecule has 1 rings (SSSR count). The van der Waals surface area contributed by atoms with Crippen LogP contribution in [-0.4, -0.2) is 11.5 Å². The third-order valence-electron chi connectivity index (χ3n) is 1.65. The van der Waals surface area contributed by atoms with Gasteiger partial charge in [-0.05, 0) is 24.6 Å². The fraction of sp³-hybridized carbons (Fsp3) is 0.222. The molecule has 0 saturated carbocycles. The SMILES string of the molecule is Cc1ccnc(C=CCN)c1N. The molecule has 4 N–H and O–H groups in total. The largest absolute Gasteiger partial charge is 0.397 e. The van der Waals surface area contributed by atoms with Crippen LogP contribution in [0.5, 0.6) is 0 Å². The number of hydrogen-bond acceptors (Lipinski definition) is 3. The summed E-state index contributed by atoms with van der Waals surface area (Å²) < 4.78 is 0. The molecule has 0 aromatic carbocycles. The van der Waals surface area contributed by atoms with Gasteiger partial charge in [-0.25, -0.2) is 0 Å². The molecule has 1 aromatic rings. The van der Waals surface area contributed by atoms with E-state index in [-0.39, 0.29) is 0 Å². The molecule has 0 aliphatic rings. The van der Waals surface area contributed by atoms with Crippen molar-refractivity contribution in [2.24, 2.45) is 5.73 Å². The van der Waals surface area contributed by atoms with Crippen molar-refractivity contribution in [1.29, 1.82) is 0 Å². The summed E-state index contributed by atoms with van der Waals surface area (Å²) in [5.74, 6) is 0. The van der Waals surface area contributed by atoms with Crippen LogP contribution in [0, 0.1) is 6.92 Å². The normalized spacial score (nSPS) is 10.8. The Morgan fingerprint density at radius 3 is 3.00 bits per heavy atom. The highest BCUT2D eigenvalue weighted by Crippen LogP contribution is 2.14. The minimum Gasteiger partial charge on any atom is -0.397 e.